The summed E-state index contributed by atoms with van der Waals surface area (Å²) >= 11 is 1.81. The third-order valence-corrected chi connectivity index (χ3v) is 2.63. The SMILES string of the molecule is O=c1[nH]nc(C2CSCCO2)[nH]1. The third-order valence-electron chi connectivity index (χ3n) is 1.64. The van der Waals surface area contributed by atoms with Crippen molar-refractivity contribution in [3.05, 3.63) is 16.3 Å². The van der Waals surface area contributed by atoms with Crippen LogP contribution in [0.25, 0.3) is 0 Å². The van der Waals surface area contributed by atoms with Gasteiger partial charge < -0.3 is 4.74 Å². The lowest BCUT2D eigenvalue weighted by atomic mass is 10.4. The molecule has 5 nitrogen and oxygen atoms in total. The van der Waals surface area contributed by atoms with Crippen molar-refractivity contribution in [1.82, 2.24) is 15.2 Å². The van der Waals surface area contributed by atoms with Gasteiger partial charge in [0.25, 0.3) is 0 Å². The molecule has 0 aliphatic carbocycles. The Morgan fingerprint density at radius 2 is 2.58 bits per heavy atom. The second kappa shape index (κ2) is 3.32. The molecule has 2 heterocycles. The zero-order valence-electron chi connectivity index (χ0n) is 6.37. The maximum atomic E-state index is 10.7. The first kappa shape index (κ1) is 7.88. The Kier molecular flexibility index (Phi) is 2.18. The standard InChI is InChI=1S/C6H9N3O2S/c10-6-7-5(8-9-6)4-3-12-2-1-11-4/h4H,1-3H2,(H2,7,8,9,10). The van der Waals surface area contributed by atoms with Gasteiger partial charge in [0.1, 0.15) is 6.10 Å². The highest BCUT2D eigenvalue weighted by Gasteiger charge is 2.19. The maximum Gasteiger partial charge on any atom is 0.340 e. The Bertz CT molecular complexity index is 302. The number of ether oxygens (including phenoxy) is 1. The van der Waals surface area contributed by atoms with Crippen LogP contribution in [-0.2, 0) is 4.74 Å². The molecule has 1 aromatic heterocycles. The van der Waals surface area contributed by atoms with E-state index in [4.69, 9.17) is 4.74 Å². The van der Waals surface area contributed by atoms with Gasteiger partial charge in [-0.1, -0.05) is 0 Å². The number of nitrogens with one attached hydrogen (secondary N) is 2. The summed E-state index contributed by atoms with van der Waals surface area (Å²) < 4.78 is 5.40. The molecule has 6 heteroatoms. The van der Waals surface area contributed by atoms with E-state index in [1.165, 1.54) is 0 Å². The van der Waals surface area contributed by atoms with Crippen LogP contribution in [-0.4, -0.2) is 33.3 Å². The molecule has 0 aromatic carbocycles. The minimum absolute atomic E-state index is 0.0531. The summed E-state index contributed by atoms with van der Waals surface area (Å²) in [7, 11) is 0. The lowest BCUT2D eigenvalue weighted by Gasteiger charge is -2.19. The third kappa shape index (κ3) is 1.54. The van der Waals surface area contributed by atoms with Gasteiger partial charge in [0.05, 0.1) is 6.61 Å². The van der Waals surface area contributed by atoms with Crippen LogP contribution >= 0.6 is 11.8 Å². The molecule has 1 aromatic rings. The van der Waals surface area contributed by atoms with E-state index in [2.05, 4.69) is 15.2 Å². The number of rotatable bonds is 1. The van der Waals surface area contributed by atoms with E-state index >= 15 is 0 Å². The summed E-state index contributed by atoms with van der Waals surface area (Å²) in [5.74, 6) is 2.48. The van der Waals surface area contributed by atoms with E-state index < -0.39 is 0 Å². The first-order valence-corrected chi connectivity index (χ1v) is 4.85. The second-order valence-corrected chi connectivity index (χ2v) is 3.65. The number of nitrogens with zero attached hydrogens (tertiary/aromatic N) is 1. The largest absolute Gasteiger partial charge is 0.368 e. The Hall–Kier alpha value is -0.750. The first-order chi connectivity index (χ1) is 5.86. The summed E-state index contributed by atoms with van der Waals surface area (Å²) in [5, 5.41) is 6.12. The van der Waals surface area contributed by atoms with E-state index in [1.807, 2.05) is 0 Å². The van der Waals surface area contributed by atoms with Crippen molar-refractivity contribution in [1.29, 1.82) is 0 Å². The second-order valence-electron chi connectivity index (χ2n) is 2.50. The van der Waals surface area contributed by atoms with Gasteiger partial charge in [0.2, 0.25) is 0 Å². The fourth-order valence-corrected chi connectivity index (χ4v) is 1.93. The number of H-pyrrole nitrogens is 2. The van der Waals surface area contributed by atoms with Crippen LogP contribution in [0.2, 0.25) is 0 Å². The molecular formula is C6H9N3O2S. The maximum absolute atomic E-state index is 10.7. The van der Waals surface area contributed by atoms with Crippen molar-refractivity contribution in [3.8, 4) is 0 Å². The van der Waals surface area contributed by atoms with Gasteiger partial charge in [-0.05, 0) is 0 Å². The van der Waals surface area contributed by atoms with Crippen LogP contribution in [0.5, 0.6) is 0 Å². The molecule has 1 fully saturated rings. The van der Waals surface area contributed by atoms with Gasteiger partial charge in [-0.2, -0.15) is 16.9 Å². The van der Waals surface area contributed by atoms with Crippen molar-refractivity contribution in [2.45, 2.75) is 6.10 Å². The first-order valence-electron chi connectivity index (χ1n) is 3.70. The predicted octanol–water partition coefficient (Wildman–Crippen LogP) is -0.0975. The number of hydrogen-bond donors (Lipinski definition) is 2. The summed E-state index contributed by atoms with van der Waals surface area (Å²) in [6, 6.07) is 0. The van der Waals surface area contributed by atoms with Gasteiger partial charge in [0.15, 0.2) is 5.82 Å². The normalized spacial score (nSPS) is 24.2. The molecular weight excluding hydrogens is 178 g/mol. The lowest BCUT2D eigenvalue weighted by molar-refractivity contribution is 0.0696. The van der Waals surface area contributed by atoms with Gasteiger partial charge in [0, 0.05) is 11.5 Å². The number of hydrogen-bond acceptors (Lipinski definition) is 4. The molecule has 1 unspecified atom stereocenters. The van der Waals surface area contributed by atoms with Gasteiger partial charge in [-0.3, -0.25) is 4.98 Å². The molecule has 1 aliphatic heterocycles. The van der Waals surface area contributed by atoms with Gasteiger partial charge >= 0.3 is 5.69 Å². The molecule has 0 amide bonds. The smallest absolute Gasteiger partial charge is 0.340 e. The highest BCUT2D eigenvalue weighted by molar-refractivity contribution is 7.99. The summed E-state index contributed by atoms with van der Waals surface area (Å²) in [6.07, 6.45) is -0.0531. The average molecular weight is 187 g/mol. The topological polar surface area (TPSA) is 70.8 Å². The van der Waals surface area contributed by atoms with E-state index in [0.717, 1.165) is 18.1 Å². The molecule has 2 rings (SSSR count). The zero-order valence-corrected chi connectivity index (χ0v) is 7.19. The molecule has 0 bridgehead atoms. The lowest BCUT2D eigenvalue weighted by Crippen LogP contribution is -2.17. The summed E-state index contributed by atoms with van der Waals surface area (Å²) in [5.41, 5.74) is -0.274. The molecule has 1 atom stereocenters. The quantitative estimate of drug-likeness (QED) is 0.644. The minimum atomic E-state index is -0.274. The fraction of sp³-hybridized carbons (Fsp3) is 0.667. The Labute approximate surface area is 72.9 Å². The number of aromatic nitrogens is 3. The summed E-state index contributed by atoms with van der Waals surface area (Å²) in [4.78, 5) is 13.3. The van der Waals surface area contributed by atoms with Crippen molar-refractivity contribution in [2.24, 2.45) is 0 Å². The zero-order chi connectivity index (χ0) is 8.39. The highest BCUT2D eigenvalue weighted by Crippen LogP contribution is 2.22. The van der Waals surface area contributed by atoms with Gasteiger partial charge in [-0.15, -0.1) is 0 Å². The Morgan fingerprint density at radius 3 is 3.17 bits per heavy atom. The van der Waals surface area contributed by atoms with Crippen LogP contribution < -0.4 is 5.69 Å². The van der Waals surface area contributed by atoms with E-state index in [0.29, 0.717) is 5.82 Å². The Morgan fingerprint density at radius 1 is 1.67 bits per heavy atom. The monoisotopic (exact) mass is 187 g/mol. The molecule has 1 aliphatic rings. The predicted molar refractivity (Wildman–Crippen MR) is 45.2 cm³/mol. The van der Waals surface area contributed by atoms with Crippen molar-refractivity contribution < 1.29 is 4.74 Å². The van der Waals surface area contributed by atoms with Crippen LogP contribution in [0.15, 0.2) is 4.79 Å². The Balaban J connectivity index is 2.13. The molecule has 0 saturated carbocycles. The molecule has 66 valence electrons. The molecule has 1 saturated heterocycles. The number of thioether (sulfide) groups is 1. The fourth-order valence-electron chi connectivity index (χ4n) is 1.08. The summed E-state index contributed by atoms with van der Waals surface area (Å²) in [6.45, 7) is 0.726. The van der Waals surface area contributed by atoms with Crippen molar-refractivity contribution in [2.75, 3.05) is 18.1 Å². The molecule has 0 spiro atoms. The van der Waals surface area contributed by atoms with Crippen LogP contribution in [0, 0.1) is 0 Å². The van der Waals surface area contributed by atoms with E-state index in [1.54, 1.807) is 11.8 Å². The number of aromatic amines is 2. The molecule has 12 heavy (non-hydrogen) atoms. The van der Waals surface area contributed by atoms with Crippen LogP contribution in [0.3, 0.4) is 0 Å². The average Bonchev–Trinajstić information content (AvgIpc) is 2.54. The van der Waals surface area contributed by atoms with Gasteiger partial charge in [-0.25, -0.2) is 9.89 Å². The van der Waals surface area contributed by atoms with Crippen molar-refractivity contribution in [3.63, 3.8) is 0 Å². The van der Waals surface area contributed by atoms with Crippen molar-refractivity contribution >= 4 is 11.8 Å². The highest BCUT2D eigenvalue weighted by atomic mass is 32.2. The minimum Gasteiger partial charge on any atom is -0.368 e. The molecule has 2 N–H and O–H groups in total. The van der Waals surface area contributed by atoms with Crippen LogP contribution in [0.4, 0.5) is 0 Å². The molecule has 0 radical (unpaired) electrons. The van der Waals surface area contributed by atoms with E-state index in [9.17, 15) is 4.79 Å². The van der Waals surface area contributed by atoms with E-state index in [-0.39, 0.29) is 11.8 Å². The van der Waals surface area contributed by atoms with Crippen LogP contribution in [0.1, 0.15) is 11.9 Å².